The summed E-state index contributed by atoms with van der Waals surface area (Å²) in [6.45, 7) is 0. The summed E-state index contributed by atoms with van der Waals surface area (Å²) in [6, 6.07) is 2.85. The van der Waals surface area contributed by atoms with Crippen LogP contribution in [-0.2, 0) is 9.59 Å². The number of Topliss-reactive ketones (excluding diaryl/α,β-unsaturated/α-hetero) is 1. The van der Waals surface area contributed by atoms with Crippen LogP contribution in [0.2, 0.25) is 0 Å². The van der Waals surface area contributed by atoms with Gasteiger partial charge < -0.3 is 10.1 Å². The molecule has 1 saturated heterocycles. The van der Waals surface area contributed by atoms with Crippen LogP contribution < -0.4 is 0 Å². The number of carboxylic acid groups (broad SMARTS) is 1. The van der Waals surface area contributed by atoms with Gasteiger partial charge in [0.25, 0.3) is 0 Å². The minimum atomic E-state index is -0.938. The Labute approximate surface area is 93.1 Å². The molecule has 2 N–H and O–H groups in total. The number of aromatic amines is 1. The molecule has 16 heavy (non-hydrogen) atoms. The lowest BCUT2D eigenvalue weighted by Crippen LogP contribution is -2.46. The highest BCUT2D eigenvalue weighted by molar-refractivity contribution is 5.87. The maximum absolute atomic E-state index is 11.5. The molecule has 2 heterocycles. The number of likely N-dealkylation sites (N-methyl/N-ethyl adjacent to an activating group) is 1. The van der Waals surface area contributed by atoms with Gasteiger partial charge in [-0.25, -0.2) is 0 Å². The van der Waals surface area contributed by atoms with E-state index in [0.29, 0.717) is 6.42 Å². The van der Waals surface area contributed by atoms with E-state index in [1.54, 1.807) is 18.1 Å². The van der Waals surface area contributed by atoms with Gasteiger partial charge in [0.2, 0.25) is 0 Å². The quantitative estimate of drug-likeness (QED) is 0.776. The molecule has 0 amide bonds. The molecule has 1 fully saturated rings. The molecular weight excluding hydrogens is 208 g/mol. The SMILES string of the molecule is CN1C(C(=O)O)CC(=O)CC1c1ccc[nH]1. The van der Waals surface area contributed by atoms with E-state index < -0.39 is 12.0 Å². The molecule has 1 aromatic heterocycles. The third kappa shape index (κ3) is 1.86. The van der Waals surface area contributed by atoms with Crippen LogP contribution >= 0.6 is 0 Å². The molecule has 0 aromatic carbocycles. The van der Waals surface area contributed by atoms with Crippen molar-refractivity contribution in [3.8, 4) is 0 Å². The number of carbonyl (C=O) groups excluding carboxylic acids is 1. The normalized spacial score (nSPS) is 26.9. The van der Waals surface area contributed by atoms with Crippen LogP contribution in [0.1, 0.15) is 24.6 Å². The number of aromatic nitrogens is 1. The van der Waals surface area contributed by atoms with Crippen LogP contribution in [-0.4, -0.2) is 39.8 Å². The first-order chi connectivity index (χ1) is 7.59. The molecule has 2 unspecified atom stereocenters. The zero-order valence-corrected chi connectivity index (χ0v) is 9.01. The molecular formula is C11H14N2O3. The fraction of sp³-hybridized carbons (Fsp3) is 0.455. The molecule has 2 rings (SSSR count). The van der Waals surface area contributed by atoms with Gasteiger partial charge in [0.1, 0.15) is 11.8 Å². The molecule has 1 aliphatic heterocycles. The van der Waals surface area contributed by atoms with E-state index in [1.807, 2.05) is 12.1 Å². The largest absolute Gasteiger partial charge is 0.480 e. The van der Waals surface area contributed by atoms with Gasteiger partial charge in [-0.05, 0) is 19.2 Å². The van der Waals surface area contributed by atoms with Crippen molar-refractivity contribution in [1.82, 2.24) is 9.88 Å². The van der Waals surface area contributed by atoms with Crippen molar-refractivity contribution < 1.29 is 14.7 Å². The number of likely N-dealkylation sites (tertiary alicyclic amines) is 1. The number of piperidine rings is 1. The minimum absolute atomic E-state index is 0.00472. The summed E-state index contributed by atoms with van der Waals surface area (Å²) in [7, 11) is 1.75. The highest BCUT2D eigenvalue weighted by Gasteiger charge is 2.37. The van der Waals surface area contributed by atoms with Crippen molar-refractivity contribution in [1.29, 1.82) is 0 Å². The van der Waals surface area contributed by atoms with Gasteiger partial charge in [0.15, 0.2) is 0 Å². The molecule has 0 aliphatic carbocycles. The number of H-pyrrole nitrogens is 1. The van der Waals surface area contributed by atoms with Crippen LogP contribution in [0.4, 0.5) is 0 Å². The summed E-state index contributed by atoms with van der Waals surface area (Å²) in [5, 5.41) is 9.04. The number of nitrogens with zero attached hydrogens (tertiary/aromatic N) is 1. The summed E-state index contributed by atoms with van der Waals surface area (Å²) in [5.74, 6) is -0.933. The van der Waals surface area contributed by atoms with E-state index in [-0.39, 0.29) is 18.2 Å². The van der Waals surface area contributed by atoms with Crippen LogP contribution in [0.5, 0.6) is 0 Å². The number of rotatable bonds is 2. The predicted molar refractivity (Wildman–Crippen MR) is 57.0 cm³/mol. The number of ketones is 1. The molecule has 1 aromatic rings. The summed E-state index contributed by atoms with van der Waals surface area (Å²) in [4.78, 5) is 27.3. The molecule has 0 spiro atoms. The zero-order valence-electron chi connectivity index (χ0n) is 9.01. The summed E-state index contributed by atoms with van der Waals surface area (Å²) in [6.07, 6.45) is 2.25. The lowest BCUT2D eigenvalue weighted by atomic mass is 9.93. The Bertz CT molecular complexity index is 399. The van der Waals surface area contributed by atoms with E-state index >= 15 is 0 Å². The van der Waals surface area contributed by atoms with Gasteiger partial charge in [-0.15, -0.1) is 0 Å². The molecule has 1 aliphatic rings. The van der Waals surface area contributed by atoms with Crippen LogP contribution in [0.25, 0.3) is 0 Å². The van der Waals surface area contributed by atoms with Crippen LogP contribution in [0.3, 0.4) is 0 Å². The number of carbonyl (C=O) groups is 2. The number of aliphatic carboxylic acids is 1. The first-order valence-corrected chi connectivity index (χ1v) is 5.19. The summed E-state index contributed by atoms with van der Waals surface area (Å²) >= 11 is 0. The van der Waals surface area contributed by atoms with E-state index in [4.69, 9.17) is 5.11 Å². The lowest BCUT2D eigenvalue weighted by Gasteiger charge is -2.35. The van der Waals surface area contributed by atoms with Crippen molar-refractivity contribution in [2.75, 3.05) is 7.05 Å². The Balaban J connectivity index is 2.25. The second kappa shape index (κ2) is 4.09. The second-order valence-corrected chi connectivity index (χ2v) is 4.11. The van der Waals surface area contributed by atoms with E-state index in [1.165, 1.54) is 0 Å². The fourth-order valence-corrected chi connectivity index (χ4v) is 2.16. The monoisotopic (exact) mass is 222 g/mol. The maximum atomic E-state index is 11.5. The first-order valence-electron chi connectivity index (χ1n) is 5.19. The van der Waals surface area contributed by atoms with Crippen LogP contribution in [0.15, 0.2) is 18.3 Å². The Morgan fingerprint density at radius 3 is 2.88 bits per heavy atom. The molecule has 86 valence electrons. The molecule has 5 nitrogen and oxygen atoms in total. The van der Waals surface area contributed by atoms with Crippen molar-refractivity contribution >= 4 is 11.8 Å². The number of hydrogen-bond donors (Lipinski definition) is 2. The first kappa shape index (κ1) is 10.9. The predicted octanol–water partition coefficient (Wildman–Crippen LogP) is 0.804. The van der Waals surface area contributed by atoms with E-state index in [0.717, 1.165) is 5.69 Å². The van der Waals surface area contributed by atoms with Gasteiger partial charge in [0.05, 0.1) is 6.04 Å². The van der Waals surface area contributed by atoms with E-state index in [2.05, 4.69) is 4.98 Å². The van der Waals surface area contributed by atoms with E-state index in [9.17, 15) is 9.59 Å². The number of hydrogen-bond acceptors (Lipinski definition) is 3. The fourth-order valence-electron chi connectivity index (χ4n) is 2.16. The molecule has 5 heteroatoms. The van der Waals surface area contributed by atoms with Crippen molar-refractivity contribution in [3.05, 3.63) is 24.0 Å². The number of nitrogens with one attached hydrogen (secondary N) is 1. The van der Waals surface area contributed by atoms with Crippen molar-refractivity contribution in [2.24, 2.45) is 0 Å². The van der Waals surface area contributed by atoms with Gasteiger partial charge in [0, 0.05) is 24.7 Å². The Hall–Kier alpha value is -1.62. The third-order valence-corrected chi connectivity index (χ3v) is 3.09. The smallest absolute Gasteiger partial charge is 0.321 e. The van der Waals surface area contributed by atoms with Gasteiger partial charge in [-0.3, -0.25) is 14.5 Å². The lowest BCUT2D eigenvalue weighted by molar-refractivity contribution is -0.148. The van der Waals surface area contributed by atoms with Crippen molar-refractivity contribution in [2.45, 2.75) is 24.9 Å². The Morgan fingerprint density at radius 2 is 2.31 bits per heavy atom. The topological polar surface area (TPSA) is 73.4 Å². The van der Waals surface area contributed by atoms with Gasteiger partial charge in [-0.2, -0.15) is 0 Å². The average Bonchev–Trinajstić information content (AvgIpc) is 2.73. The summed E-state index contributed by atoms with van der Waals surface area (Å²) < 4.78 is 0. The maximum Gasteiger partial charge on any atom is 0.321 e. The highest BCUT2D eigenvalue weighted by atomic mass is 16.4. The molecule has 0 radical (unpaired) electrons. The average molecular weight is 222 g/mol. The second-order valence-electron chi connectivity index (χ2n) is 4.11. The summed E-state index contributed by atoms with van der Waals surface area (Å²) in [5.41, 5.74) is 0.891. The number of carboxylic acids is 1. The Morgan fingerprint density at radius 1 is 1.56 bits per heavy atom. The molecule has 0 bridgehead atoms. The van der Waals surface area contributed by atoms with Crippen molar-refractivity contribution in [3.63, 3.8) is 0 Å². The highest BCUT2D eigenvalue weighted by Crippen LogP contribution is 2.30. The molecule has 2 atom stereocenters. The van der Waals surface area contributed by atoms with Gasteiger partial charge in [-0.1, -0.05) is 0 Å². The van der Waals surface area contributed by atoms with Gasteiger partial charge >= 0.3 is 5.97 Å². The minimum Gasteiger partial charge on any atom is -0.480 e. The zero-order chi connectivity index (χ0) is 11.7. The third-order valence-electron chi connectivity index (χ3n) is 3.09. The standard InChI is InChI=1S/C11H14N2O3/c1-13-9(8-3-2-4-12-8)5-7(14)6-10(13)11(15)16/h2-4,9-10,12H,5-6H2,1H3,(H,15,16). The Kier molecular flexibility index (Phi) is 2.78. The molecule has 0 saturated carbocycles. The van der Waals surface area contributed by atoms with Crippen LogP contribution in [0, 0.1) is 0 Å².